The molecule has 0 amide bonds. The maximum absolute atomic E-state index is 5.92. The molecule has 1 unspecified atom stereocenters. The van der Waals surface area contributed by atoms with Gasteiger partial charge >= 0.3 is 0 Å². The molecule has 0 aromatic rings. The van der Waals surface area contributed by atoms with E-state index in [4.69, 9.17) is 5.73 Å². The Morgan fingerprint density at radius 2 is 1.92 bits per heavy atom. The molecule has 0 aliphatic heterocycles. The van der Waals surface area contributed by atoms with E-state index in [9.17, 15) is 0 Å². The van der Waals surface area contributed by atoms with Crippen LogP contribution in [0.5, 0.6) is 0 Å². The Morgan fingerprint density at radius 3 is 2.31 bits per heavy atom. The molecule has 0 radical (unpaired) electrons. The van der Waals surface area contributed by atoms with E-state index in [1.165, 1.54) is 19.4 Å². The highest BCUT2D eigenvalue weighted by Crippen LogP contribution is 2.19. The van der Waals surface area contributed by atoms with Gasteiger partial charge in [-0.3, -0.25) is 0 Å². The topological polar surface area (TPSA) is 29.3 Å². The van der Waals surface area contributed by atoms with Gasteiger partial charge in [0, 0.05) is 12.6 Å². The van der Waals surface area contributed by atoms with E-state index >= 15 is 0 Å². The van der Waals surface area contributed by atoms with Gasteiger partial charge in [-0.15, -0.1) is 0 Å². The van der Waals surface area contributed by atoms with Crippen molar-refractivity contribution >= 4 is 0 Å². The number of nitrogens with two attached hydrogens (primary N) is 1. The number of unbranched alkanes of at least 4 members (excludes halogenated alkanes) is 1. The van der Waals surface area contributed by atoms with Crippen LogP contribution in [0.1, 0.15) is 40.5 Å². The van der Waals surface area contributed by atoms with Gasteiger partial charge in [-0.1, -0.05) is 27.2 Å². The number of nitrogens with zero attached hydrogens (tertiary/aromatic N) is 1. The van der Waals surface area contributed by atoms with Crippen molar-refractivity contribution in [3.05, 3.63) is 0 Å². The average molecular weight is 186 g/mol. The SMILES string of the molecule is CCCCN(C)CC(C)(C)C(C)N. The molecule has 80 valence electrons. The van der Waals surface area contributed by atoms with Crippen LogP contribution < -0.4 is 5.73 Å². The first-order chi connectivity index (χ1) is 5.90. The smallest absolute Gasteiger partial charge is 0.00739 e. The van der Waals surface area contributed by atoms with E-state index in [1.54, 1.807) is 0 Å². The minimum Gasteiger partial charge on any atom is -0.327 e. The number of hydrogen-bond donors (Lipinski definition) is 1. The van der Waals surface area contributed by atoms with Gasteiger partial charge < -0.3 is 10.6 Å². The summed E-state index contributed by atoms with van der Waals surface area (Å²) >= 11 is 0. The lowest BCUT2D eigenvalue weighted by atomic mass is 9.85. The lowest BCUT2D eigenvalue weighted by Gasteiger charge is -2.33. The summed E-state index contributed by atoms with van der Waals surface area (Å²) in [5.41, 5.74) is 6.15. The van der Waals surface area contributed by atoms with Crippen LogP contribution in [0.3, 0.4) is 0 Å². The van der Waals surface area contributed by atoms with Crippen LogP contribution in [0, 0.1) is 5.41 Å². The van der Waals surface area contributed by atoms with Crippen molar-refractivity contribution < 1.29 is 0 Å². The zero-order chi connectivity index (χ0) is 10.5. The van der Waals surface area contributed by atoms with Crippen molar-refractivity contribution in [2.24, 2.45) is 11.1 Å². The predicted molar refractivity (Wildman–Crippen MR) is 59.8 cm³/mol. The first kappa shape index (κ1) is 12.9. The van der Waals surface area contributed by atoms with E-state index in [0.29, 0.717) is 0 Å². The lowest BCUT2D eigenvalue weighted by Crippen LogP contribution is -2.43. The Balaban J connectivity index is 3.82. The molecule has 0 spiro atoms. The third-order valence-electron chi connectivity index (χ3n) is 2.80. The highest BCUT2D eigenvalue weighted by molar-refractivity contribution is 4.80. The van der Waals surface area contributed by atoms with Crippen molar-refractivity contribution in [2.45, 2.75) is 46.6 Å². The van der Waals surface area contributed by atoms with E-state index in [0.717, 1.165) is 6.54 Å². The molecule has 2 N–H and O–H groups in total. The van der Waals surface area contributed by atoms with Crippen molar-refractivity contribution in [3.8, 4) is 0 Å². The van der Waals surface area contributed by atoms with Gasteiger partial charge in [0.1, 0.15) is 0 Å². The summed E-state index contributed by atoms with van der Waals surface area (Å²) in [6, 6.07) is 0.261. The monoisotopic (exact) mass is 186 g/mol. The molecule has 0 aliphatic carbocycles. The quantitative estimate of drug-likeness (QED) is 0.688. The van der Waals surface area contributed by atoms with E-state index in [-0.39, 0.29) is 11.5 Å². The van der Waals surface area contributed by atoms with Crippen LogP contribution >= 0.6 is 0 Å². The van der Waals surface area contributed by atoms with Crippen LogP contribution in [-0.2, 0) is 0 Å². The van der Waals surface area contributed by atoms with Crippen LogP contribution in [-0.4, -0.2) is 31.1 Å². The van der Waals surface area contributed by atoms with Crippen LogP contribution in [0.4, 0.5) is 0 Å². The normalized spacial score (nSPS) is 15.0. The molecule has 1 atom stereocenters. The third-order valence-corrected chi connectivity index (χ3v) is 2.80. The van der Waals surface area contributed by atoms with Gasteiger partial charge in [0.05, 0.1) is 0 Å². The first-order valence-electron chi connectivity index (χ1n) is 5.34. The molecule has 0 aliphatic rings. The molecule has 0 saturated heterocycles. The maximum atomic E-state index is 5.92. The maximum Gasteiger partial charge on any atom is 0.00739 e. The Labute approximate surface area is 83.5 Å². The van der Waals surface area contributed by atoms with Crippen molar-refractivity contribution in [2.75, 3.05) is 20.1 Å². The van der Waals surface area contributed by atoms with Gasteiger partial charge in [0.2, 0.25) is 0 Å². The number of rotatable bonds is 6. The Hall–Kier alpha value is -0.0800. The van der Waals surface area contributed by atoms with Crippen LogP contribution in [0.2, 0.25) is 0 Å². The fourth-order valence-corrected chi connectivity index (χ4v) is 1.35. The molecule has 0 aromatic carbocycles. The second-order valence-electron chi connectivity index (χ2n) is 4.87. The van der Waals surface area contributed by atoms with Gasteiger partial charge in [-0.2, -0.15) is 0 Å². The molecule has 0 rings (SSSR count). The Kier molecular flexibility index (Phi) is 5.57. The van der Waals surface area contributed by atoms with E-state index in [1.807, 2.05) is 0 Å². The molecule has 0 heterocycles. The molecule has 2 nitrogen and oxygen atoms in total. The summed E-state index contributed by atoms with van der Waals surface area (Å²) in [5.74, 6) is 0. The van der Waals surface area contributed by atoms with Crippen molar-refractivity contribution in [1.82, 2.24) is 4.90 Å². The van der Waals surface area contributed by atoms with E-state index < -0.39 is 0 Å². The highest BCUT2D eigenvalue weighted by atomic mass is 15.1. The van der Waals surface area contributed by atoms with E-state index in [2.05, 4.69) is 39.6 Å². The zero-order valence-electron chi connectivity index (χ0n) is 9.93. The summed E-state index contributed by atoms with van der Waals surface area (Å²) in [7, 11) is 2.18. The van der Waals surface area contributed by atoms with Gasteiger partial charge in [-0.25, -0.2) is 0 Å². The Bertz CT molecular complexity index is 130. The fraction of sp³-hybridized carbons (Fsp3) is 1.00. The largest absolute Gasteiger partial charge is 0.327 e. The van der Waals surface area contributed by atoms with Gasteiger partial charge in [0.25, 0.3) is 0 Å². The predicted octanol–water partition coefficient (Wildman–Crippen LogP) is 2.09. The number of hydrogen-bond acceptors (Lipinski definition) is 2. The van der Waals surface area contributed by atoms with Gasteiger partial charge in [-0.05, 0) is 32.4 Å². The highest BCUT2D eigenvalue weighted by Gasteiger charge is 2.24. The summed E-state index contributed by atoms with van der Waals surface area (Å²) in [4.78, 5) is 2.38. The Morgan fingerprint density at radius 1 is 1.38 bits per heavy atom. The van der Waals surface area contributed by atoms with Crippen molar-refractivity contribution in [3.63, 3.8) is 0 Å². The van der Waals surface area contributed by atoms with Gasteiger partial charge in [0.15, 0.2) is 0 Å². The summed E-state index contributed by atoms with van der Waals surface area (Å²) in [5, 5.41) is 0. The van der Waals surface area contributed by atoms with Crippen molar-refractivity contribution in [1.29, 1.82) is 0 Å². The average Bonchev–Trinajstić information content (AvgIpc) is 1.99. The summed E-state index contributed by atoms with van der Waals surface area (Å²) in [6.07, 6.45) is 2.55. The zero-order valence-corrected chi connectivity index (χ0v) is 9.93. The second kappa shape index (κ2) is 5.61. The minimum absolute atomic E-state index is 0.225. The fourth-order valence-electron chi connectivity index (χ4n) is 1.35. The minimum atomic E-state index is 0.225. The molecule has 0 bridgehead atoms. The first-order valence-corrected chi connectivity index (χ1v) is 5.34. The molecule has 2 heteroatoms. The lowest BCUT2D eigenvalue weighted by molar-refractivity contribution is 0.182. The molecular weight excluding hydrogens is 160 g/mol. The molecule has 0 aromatic heterocycles. The third kappa shape index (κ3) is 5.27. The second-order valence-corrected chi connectivity index (χ2v) is 4.87. The molecule has 0 saturated carbocycles. The summed E-state index contributed by atoms with van der Waals surface area (Å²) < 4.78 is 0. The molecule has 0 fully saturated rings. The summed E-state index contributed by atoms with van der Waals surface area (Å²) in [6.45, 7) is 11.1. The molecule has 13 heavy (non-hydrogen) atoms. The molecular formula is C11H26N2. The van der Waals surface area contributed by atoms with Crippen LogP contribution in [0.25, 0.3) is 0 Å². The van der Waals surface area contributed by atoms with Crippen LogP contribution in [0.15, 0.2) is 0 Å². The standard InChI is InChI=1S/C11H26N2/c1-6-7-8-13(5)9-11(3,4)10(2)12/h10H,6-9,12H2,1-5H3.